The molecule has 4 rings (SSSR count). The van der Waals surface area contributed by atoms with Crippen molar-refractivity contribution in [3.63, 3.8) is 0 Å². The van der Waals surface area contributed by atoms with Crippen LogP contribution in [0.2, 0.25) is 0 Å². The molecule has 0 saturated heterocycles. The maximum absolute atomic E-state index is 13.7. The van der Waals surface area contributed by atoms with E-state index >= 15 is 0 Å². The Bertz CT molecular complexity index is 1150. The molecule has 1 fully saturated rings. The molecule has 198 valence electrons. The highest BCUT2D eigenvalue weighted by Crippen LogP contribution is 2.30. The van der Waals surface area contributed by atoms with Crippen LogP contribution in [-0.4, -0.2) is 63.6 Å². The molecule has 1 unspecified atom stereocenters. The van der Waals surface area contributed by atoms with Crippen molar-refractivity contribution in [2.45, 2.75) is 71.0 Å². The highest BCUT2D eigenvalue weighted by Gasteiger charge is 2.48. The quantitative estimate of drug-likeness (QED) is 0.304. The van der Waals surface area contributed by atoms with Crippen molar-refractivity contribution in [2.24, 2.45) is 5.92 Å². The van der Waals surface area contributed by atoms with E-state index in [1.165, 1.54) is 10.7 Å². The number of amides is 2. The molecule has 1 aliphatic heterocycles. The van der Waals surface area contributed by atoms with Gasteiger partial charge in [0, 0.05) is 18.7 Å². The molecule has 0 bridgehead atoms. The lowest BCUT2D eigenvalue weighted by atomic mass is 9.86. The van der Waals surface area contributed by atoms with Gasteiger partial charge in [-0.3, -0.25) is 19.7 Å². The minimum Gasteiger partial charge on any atom is -0.494 e. The van der Waals surface area contributed by atoms with E-state index in [0.29, 0.717) is 31.9 Å². The number of hydrogen-bond donors (Lipinski definition) is 2. The number of nitrogens with one attached hydrogen (secondary N) is 2. The standard InChI is InChI=1S/C27H35N5O5/c1-4-36-21-11-7-19(8-12-21)13-14-31-24(33)23-15-22(25(34)37-17-28)30-32(23)16-27(31,3)26(35)29-20-9-5-18(2)6-10-20/h7-8,11-12,15,17-18,20,28H,4-6,9-10,13-14,16H2,1-3H3,(H,29,35). The molecule has 2 amide bonds. The topological polar surface area (TPSA) is 127 Å². The third kappa shape index (κ3) is 5.68. The highest BCUT2D eigenvalue weighted by molar-refractivity contribution is 6.01. The Morgan fingerprint density at radius 1 is 1.22 bits per heavy atom. The molecule has 1 aromatic heterocycles. The van der Waals surface area contributed by atoms with Crippen LogP contribution in [0.5, 0.6) is 5.75 Å². The third-order valence-corrected chi connectivity index (χ3v) is 7.37. The summed E-state index contributed by atoms with van der Waals surface area (Å²) in [7, 11) is 0. The second-order valence-corrected chi connectivity index (χ2v) is 10.1. The van der Waals surface area contributed by atoms with Crippen molar-refractivity contribution in [1.82, 2.24) is 20.0 Å². The molecule has 1 aromatic carbocycles. The van der Waals surface area contributed by atoms with Gasteiger partial charge in [0.1, 0.15) is 17.0 Å². The maximum atomic E-state index is 13.7. The number of esters is 1. The monoisotopic (exact) mass is 509 g/mol. The summed E-state index contributed by atoms with van der Waals surface area (Å²) in [6.45, 7) is 6.90. The van der Waals surface area contributed by atoms with Crippen molar-refractivity contribution in [2.75, 3.05) is 13.2 Å². The van der Waals surface area contributed by atoms with Gasteiger partial charge in [-0.25, -0.2) is 4.79 Å². The molecule has 2 aliphatic rings. The van der Waals surface area contributed by atoms with E-state index in [1.54, 1.807) is 11.8 Å². The molecule has 0 spiro atoms. The fourth-order valence-electron chi connectivity index (χ4n) is 5.11. The number of fused-ring (bicyclic) bond motifs is 1. The van der Waals surface area contributed by atoms with Gasteiger partial charge < -0.3 is 19.7 Å². The van der Waals surface area contributed by atoms with Gasteiger partial charge >= 0.3 is 5.97 Å². The normalized spacial score (nSPS) is 23.2. The summed E-state index contributed by atoms with van der Waals surface area (Å²) < 4.78 is 11.5. The van der Waals surface area contributed by atoms with E-state index in [1.807, 2.05) is 31.2 Å². The number of aromatic nitrogens is 2. The van der Waals surface area contributed by atoms with Gasteiger partial charge in [0.05, 0.1) is 13.2 Å². The Balaban J connectivity index is 1.59. The van der Waals surface area contributed by atoms with Crippen LogP contribution in [0.3, 0.4) is 0 Å². The number of carbonyl (C=O) groups excluding carboxylic acids is 3. The molecule has 37 heavy (non-hydrogen) atoms. The predicted molar refractivity (Wildman–Crippen MR) is 137 cm³/mol. The molecule has 0 radical (unpaired) electrons. The van der Waals surface area contributed by atoms with Crippen LogP contribution in [0.15, 0.2) is 30.3 Å². The SMILES string of the molecule is CCOc1ccc(CCN2C(=O)c3cc(C(=O)OC=N)nn3CC2(C)C(=O)NC2CCC(C)CC2)cc1. The third-order valence-electron chi connectivity index (χ3n) is 7.37. The fraction of sp³-hybridized carbons (Fsp3) is 0.519. The molecule has 10 nitrogen and oxygen atoms in total. The predicted octanol–water partition coefficient (Wildman–Crippen LogP) is 3.20. The second kappa shape index (κ2) is 11.1. The number of ether oxygens (including phenoxy) is 2. The molecule has 2 N–H and O–H groups in total. The summed E-state index contributed by atoms with van der Waals surface area (Å²) in [6.07, 6.45) is 5.01. The van der Waals surface area contributed by atoms with Gasteiger partial charge in [0.15, 0.2) is 12.1 Å². The highest BCUT2D eigenvalue weighted by atomic mass is 16.5. The molecule has 2 aromatic rings. The Hall–Kier alpha value is -3.69. The molecular formula is C27H35N5O5. The maximum Gasteiger partial charge on any atom is 0.365 e. The first-order valence-electron chi connectivity index (χ1n) is 12.9. The van der Waals surface area contributed by atoms with Gasteiger partial charge in [-0.05, 0) is 69.6 Å². The largest absolute Gasteiger partial charge is 0.494 e. The van der Waals surface area contributed by atoms with Gasteiger partial charge in [-0.15, -0.1) is 0 Å². The van der Waals surface area contributed by atoms with E-state index in [4.69, 9.17) is 10.1 Å². The fourth-order valence-corrected chi connectivity index (χ4v) is 5.11. The van der Waals surface area contributed by atoms with Crippen molar-refractivity contribution in [1.29, 1.82) is 5.41 Å². The first kappa shape index (κ1) is 26.4. The number of nitrogens with zero attached hydrogens (tertiary/aromatic N) is 3. The number of rotatable bonds is 9. The van der Waals surface area contributed by atoms with Crippen molar-refractivity contribution >= 4 is 24.2 Å². The van der Waals surface area contributed by atoms with Gasteiger partial charge in [-0.1, -0.05) is 19.1 Å². The van der Waals surface area contributed by atoms with Crippen molar-refractivity contribution in [3.05, 3.63) is 47.3 Å². The average Bonchev–Trinajstić information content (AvgIpc) is 3.31. The molecule has 1 saturated carbocycles. The Kier molecular flexibility index (Phi) is 7.94. The first-order valence-corrected chi connectivity index (χ1v) is 12.9. The van der Waals surface area contributed by atoms with Gasteiger partial charge in [-0.2, -0.15) is 5.10 Å². The van der Waals surface area contributed by atoms with Crippen LogP contribution in [-0.2, 0) is 22.5 Å². The lowest BCUT2D eigenvalue weighted by molar-refractivity contribution is -0.134. The summed E-state index contributed by atoms with van der Waals surface area (Å²) >= 11 is 0. The summed E-state index contributed by atoms with van der Waals surface area (Å²) in [4.78, 5) is 41.2. The smallest absolute Gasteiger partial charge is 0.365 e. The Morgan fingerprint density at radius 2 is 1.92 bits per heavy atom. The molecule has 1 atom stereocenters. The number of carbonyl (C=O) groups is 3. The van der Waals surface area contributed by atoms with E-state index in [2.05, 4.69) is 22.1 Å². The first-order chi connectivity index (χ1) is 17.7. The van der Waals surface area contributed by atoms with Crippen LogP contribution >= 0.6 is 0 Å². The van der Waals surface area contributed by atoms with Crippen LogP contribution < -0.4 is 10.1 Å². The van der Waals surface area contributed by atoms with Crippen LogP contribution in [0.4, 0.5) is 0 Å². The Morgan fingerprint density at radius 3 is 2.57 bits per heavy atom. The van der Waals surface area contributed by atoms with Crippen molar-refractivity contribution < 1.29 is 23.9 Å². The number of benzene rings is 1. The van der Waals surface area contributed by atoms with E-state index in [9.17, 15) is 14.4 Å². The summed E-state index contributed by atoms with van der Waals surface area (Å²) in [5.41, 5.74) is -0.0631. The van der Waals surface area contributed by atoms with Crippen LogP contribution in [0.25, 0.3) is 0 Å². The summed E-state index contributed by atoms with van der Waals surface area (Å²) in [5.74, 6) is -0.00516. The second-order valence-electron chi connectivity index (χ2n) is 10.1. The van der Waals surface area contributed by atoms with E-state index in [0.717, 1.165) is 37.0 Å². The van der Waals surface area contributed by atoms with E-state index < -0.39 is 11.5 Å². The summed E-state index contributed by atoms with van der Waals surface area (Å²) in [6, 6.07) is 9.12. The van der Waals surface area contributed by atoms with Gasteiger partial charge in [0.2, 0.25) is 5.91 Å². The zero-order valence-corrected chi connectivity index (χ0v) is 21.7. The molecule has 2 heterocycles. The van der Waals surface area contributed by atoms with Crippen LogP contribution in [0.1, 0.15) is 73.0 Å². The Labute approximate surface area is 216 Å². The molecular weight excluding hydrogens is 474 g/mol. The molecule has 1 aliphatic carbocycles. The molecule has 10 heteroatoms. The van der Waals surface area contributed by atoms with Crippen molar-refractivity contribution in [3.8, 4) is 5.75 Å². The van der Waals surface area contributed by atoms with Crippen LogP contribution in [0, 0.1) is 11.3 Å². The lowest BCUT2D eigenvalue weighted by Gasteiger charge is -2.44. The average molecular weight is 510 g/mol. The minimum absolute atomic E-state index is 0.0701. The zero-order chi connectivity index (χ0) is 26.6. The zero-order valence-electron chi connectivity index (χ0n) is 21.7. The lowest BCUT2D eigenvalue weighted by Crippen LogP contribution is -2.65. The van der Waals surface area contributed by atoms with E-state index in [-0.39, 0.29) is 35.8 Å². The number of hydrogen-bond acceptors (Lipinski definition) is 7. The minimum atomic E-state index is -1.20. The summed E-state index contributed by atoms with van der Waals surface area (Å²) in [5, 5.41) is 14.4. The van der Waals surface area contributed by atoms with Gasteiger partial charge in [0.25, 0.3) is 5.91 Å².